The molecule has 2 saturated heterocycles. The Kier molecular flexibility index (Phi) is 4.14. The number of rotatable bonds is 1. The van der Waals surface area contributed by atoms with Crippen LogP contribution in [-0.4, -0.2) is 37.1 Å². The minimum Gasteiger partial charge on any atom is -0.315 e. The fourth-order valence-electron chi connectivity index (χ4n) is 3.60. The lowest BCUT2D eigenvalue weighted by molar-refractivity contribution is 0.169. The van der Waals surface area contributed by atoms with Crippen molar-refractivity contribution in [2.24, 2.45) is 17.3 Å². The molecule has 2 rings (SSSR count). The molecule has 2 heteroatoms. The van der Waals surface area contributed by atoms with Crippen LogP contribution in [0.15, 0.2) is 0 Å². The molecule has 2 fully saturated rings. The van der Waals surface area contributed by atoms with Crippen LogP contribution < -0.4 is 5.32 Å². The zero-order chi connectivity index (χ0) is 12.5. The SMILES string of the molecule is CC1CNCC1N1CCCC(C(C)(C)C)CC1. The minimum absolute atomic E-state index is 0.496. The van der Waals surface area contributed by atoms with E-state index in [1.54, 1.807) is 0 Å². The summed E-state index contributed by atoms with van der Waals surface area (Å²) in [5.41, 5.74) is 0.496. The van der Waals surface area contributed by atoms with E-state index >= 15 is 0 Å². The normalized spacial score (nSPS) is 37.1. The second kappa shape index (κ2) is 5.27. The van der Waals surface area contributed by atoms with E-state index in [-0.39, 0.29) is 0 Å². The Labute approximate surface area is 107 Å². The molecule has 2 heterocycles. The summed E-state index contributed by atoms with van der Waals surface area (Å²) >= 11 is 0. The van der Waals surface area contributed by atoms with Crippen LogP contribution in [0.2, 0.25) is 0 Å². The molecular weight excluding hydrogens is 208 g/mol. The molecule has 17 heavy (non-hydrogen) atoms. The van der Waals surface area contributed by atoms with Crippen molar-refractivity contribution in [1.29, 1.82) is 0 Å². The van der Waals surface area contributed by atoms with Crippen LogP contribution in [0.5, 0.6) is 0 Å². The van der Waals surface area contributed by atoms with Crippen molar-refractivity contribution in [3.63, 3.8) is 0 Å². The van der Waals surface area contributed by atoms with Gasteiger partial charge in [-0.25, -0.2) is 0 Å². The summed E-state index contributed by atoms with van der Waals surface area (Å²) in [7, 11) is 0. The van der Waals surface area contributed by atoms with E-state index in [2.05, 4.69) is 37.9 Å². The average molecular weight is 238 g/mol. The van der Waals surface area contributed by atoms with Crippen molar-refractivity contribution in [2.75, 3.05) is 26.2 Å². The molecule has 2 aliphatic heterocycles. The van der Waals surface area contributed by atoms with Gasteiger partial charge in [-0.15, -0.1) is 0 Å². The van der Waals surface area contributed by atoms with Crippen LogP contribution in [0.1, 0.15) is 47.0 Å². The molecule has 2 aliphatic rings. The van der Waals surface area contributed by atoms with Gasteiger partial charge in [0.15, 0.2) is 0 Å². The molecule has 0 aromatic rings. The van der Waals surface area contributed by atoms with E-state index in [1.807, 2.05) is 0 Å². The van der Waals surface area contributed by atoms with Crippen LogP contribution >= 0.6 is 0 Å². The van der Waals surface area contributed by atoms with Crippen molar-refractivity contribution >= 4 is 0 Å². The second-order valence-corrected chi connectivity index (χ2v) is 7.23. The quantitative estimate of drug-likeness (QED) is 0.755. The standard InChI is InChI=1S/C15H30N2/c1-12-10-16-11-14(12)17-8-5-6-13(7-9-17)15(2,3)4/h12-14,16H,5-11H2,1-4H3. The fourth-order valence-corrected chi connectivity index (χ4v) is 3.60. The molecule has 0 radical (unpaired) electrons. The summed E-state index contributed by atoms with van der Waals surface area (Å²) in [6.07, 6.45) is 4.21. The molecule has 0 spiro atoms. The summed E-state index contributed by atoms with van der Waals surface area (Å²) in [5, 5.41) is 3.54. The van der Waals surface area contributed by atoms with Crippen molar-refractivity contribution in [1.82, 2.24) is 10.2 Å². The summed E-state index contributed by atoms with van der Waals surface area (Å²) in [4.78, 5) is 2.76. The minimum atomic E-state index is 0.496. The van der Waals surface area contributed by atoms with Gasteiger partial charge in [-0.2, -0.15) is 0 Å². The molecule has 3 unspecified atom stereocenters. The Morgan fingerprint density at radius 2 is 1.82 bits per heavy atom. The first-order valence-electron chi connectivity index (χ1n) is 7.43. The zero-order valence-corrected chi connectivity index (χ0v) is 12.1. The van der Waals surface area contributed by atoms with Crippen molar-refractivity contribution in [3.8, 4) is 0 Å². The summed E-state index contributed by atoms with van der Waals surface area (Å²) in [6.45, 7) is 14.7. The van der Waals surface area contributed by atoms with Gasteiger partial charge in [0.05, 0.1) is 0 Å². The van der Waals surface area contributed by atoms with Gasteiger partial charge in [-0.05, 0) is 56.1 Å². The van der Waals surface area contributed by atoms with Gasteiger partial charge in [-0.1, -0.05) is 27.7 Å². The molecule has 0 amide bonds. The van der Waals surface area contributed by atoms with Gasteiger partial charge in [0.2, 0.25) is 0 Å². The number of hydrogen-bond acceptors (Lipinski definition) is 2. The molecule has 0 aromatic heterocycles. The Balaban J connectivity index is 1.91. The van der Waals surface area contributed by atoms with E-state index < -0.39 is 0 Å². The lowest BCUT2D eigenvalue weighted by Crippen LogP contribution is -2.40. The van der Waals surface area contributed by atoms with Crippen LogP contribution in [0.3, 0.4) is 0 Å². The molecule has 0 saturated carbocycles. The predicted octanol–water partition coefficient (Wildman–Crippen LogP) is 2.74. The third-order valence-corrected chi connectivity index (χ3v) is 4.93. The fraction of sp³-hybridized carbons (Fsp3) is 1.00. The molecule has 3 atom stereocenters. The molecule has 1 N–H and O–H groups in total. The highest BCUT2D eigenvalue weighted by atomic mass is 15.2. The maximum atomic E-state index is 3.54. The smallest absolute Gasteiger partial charge is 0.0258 e. The Bertz CT molecular complexity index is 244. The second-order valence-electron chi connectivity index (χ2n) is 7.23. The van der Waals surface area contributed by atoms with E-state index in [0.717, 1.165) is 17.9 Å². The lowest BCUT2D eigenvalue weighted by atomic mass is 9.77. The number of hydrogen-bond donors (Lipinski definition) is 1. The first-order chi connectivity index (χ1) is 7.98. The van der Waals surface area contributed by atoms with Gasteiger partial charge in [-0.3, -0.25) is 4.90 Å². The van der Waals surface area contributed by atoms with Crippen LogP contribution in [0.4, 0.5) is 0 Å². The summed E-state index contributed by atoms with van der Waals surface area (Å²) < 4.78 is 0. The van der Waals surface area contributed by atoms with Crippen LogP contribution in [0.25, 0.3) is 0 Å². The molecule has 0 bridgehead atoms. The number of nitrogens with one attached hydrogen (secondary N) is 1. The molecular formula is C15H30N2. The van der Waals surface area contributed by atoms with Gasteiger partial charge in [0, 0.05) is 12.6 Å². The maximum Gasteiger partial charge on any atom is 0.0258 e. The third kappa shape index (κ3) is 3.23. The topological polar surface area (TPSA) is 15.3 Å². The molecule has 0 aromatic carbocycles. The summed E-state index contributed by atoms with van der Waals surface area (Å²) in [6, 6.07) is 0.800. The van der Waals surface area contributed by atoms with Crippen molar-refractivity contribution < 1.29 is 0 Å². The Morgan fingerprint density at radius 3 is 2.41 bits per heavy atom. The van der Waals surface area contributed by atoms with E-state index in [1.165, 1.54) is 45.4 Å². The lowest BCUT2D eigenvalue weighted by Gasteiger charge is -2.32. The number of likely N-dealkylation sites (tertiary alicyclic amines) is 1. The van der Waals surface area contributed by atoms with Gasteiger partial charge in [0.1, 0.15) is 0 Å². The number of nitrogens with zero attached hydrogens (tertiary/aromatic N) is 1. The van der Waals surface area contributed by atoms with Gasteiger partial charge < -0.3 is 5.32 Å². The average Bonchev–Trinajstić information content (AvgIpc) is 2.53. The molecule has 100 valence electrons. The predicted molar refractivity (Wildman–Crippen MR) is 74.2 cm³/mol. The highest BCUT2D eigenvalue weighted by Crippen LogP contribution is 2.35. The van der Waals surface area contributed by atoms with E-state index in [9.17, 15) is 0 Å². The maximum absolute atomic E-state index is 3.54. The van der Waals surface area contributed by atoms with Crippen molar-refractivity contribution in [3.05, 3.63) is 0 Å². The first kappa shape index (κ1) is 13.4. The van der Waals surface area contributed by atoms with Crippen LogP contribution in [-0.2, 0) is 0 Å². The largest absolute Gasteiger partial charge is 0.315 e. The highest BCUT2D eigenvalue weighted by Gasteiger charge is 2.32. The summed E-state index contributed by atoms with van der Waals surface area (Å²) in [5.74, 6) is 1.75. The first-order valence-corrected chi connectivity index (χ1v) is 7.43. The zero-order valence-electron chi connectivity index (χ0n) is 12.1. The van der Waals surface area contributed by atoms with Gasteiger partial charge >= 0.3 is 0 Å². The molecule has 2 nitrogen and oxygen atoms in total. The third-order valence-electron chi connectivity index (χ3n) is 4.93. The molecule has 0 aliphatic carbocycles. The van der Waals surface area contributed by atoms with E-state index in [0.29, 0.717) is 5.41 Å². The Morgan fingerprint density at radius 1 is 1.06 bits per heavy atom. The van der Waals surface area contributed by atoms with Crippen LogP contribution in [0, 0.1) is 17.3 Å². The highest BCUT2D eigenvalue weighted by molar-refractivity contribution is 4.88. The van der Waals surface area contributed by atoms with E-state index in [4.69, 9.17) is 0 Å². The monoisotopic (exact) mass is 238 g/mol. The van der Waals surface area contributed by atoms with Crippen molar-refractivity contribution in [2.45, 2.75) is 53.0 Å². The van der Waals surface area contributed by atoms with Gasteiger partial charge in [0.25, 0.3) is 0 Å². The Hall–Kier alpha value is -0.0800.